The van der Waals surface area contributed by atoms with Crippen LogP contribution in [0, 0.1) is 10.1 Å². The molecule has 0 bridgehead atoms. The van der Waals surface area contributed by atoms with E-state index in [1.165, 1.54) is 13.2 Å². The molecule has 0 saturated carbocycles. The van der Waals surface area contributed by atoms with Crippen molar-refractivity contribution in [1.29, 1.82) is 0 Å². The second-order valence-corrected chi connectivity index (χ2v) is 5.01. The normalized spacial score (nSPS) is 12.2. The lowest BCUT2D eigenvalue weighted by atomic mass is 10.2. The molecule has 0 spiro atoms. The average Bonchev–Trinajstić information content (AvgIpc) is 2.40. The number of aromatic nitrogens is 1. The lowest BCUT2D eigenvalue weighted by molar-refractivity contribution is -0.416. The molecule has 0 amide bonds. The molecule has 1 aromatic heterocycles. The van der Waals surface area contributed by atoms with Crippen molar-refractivity contribution in [3.05, 3.63) is 51.1 Å². The van der Waals surface area contributed by atoms with Crippen LogP contribution in [0.1, 0.15) is 5.56 Å². The predicted molar refractivity (Wildman–Crippen MR) is 82.8 cm³/mol. The Kier molecular flexibility index (Phi) is 6.10. The summed E-state index contributed by atoms with van der Waals surface area (Å²) in [4.78, 5) is 22.1. The molecule has 0 atom stereocenters. The summed E-state index contributed by atoms with van der Waals surface area (Å²) in [6.45, 7) is 0.440. The maximum Gasteiger partial charge on any atom is 0.326 e. The van der Waals surface area contributed by atoms with E-state index in [0.29, 0.717) is 17.5 Å². The number of likely N-dealkylation sites (N-methyl/N-ethyl adjacent to an activating group) is 1. The highest BCUT2D eigenvalue weighted by Crippen LogP contribution is 2.11. The highest BCUT2D eigenvalue weighted by Gasteiger charge is 2.23. The molecule has 0 aromatic carbocycles. The van der Waals surface area contributed by atoms with Crippen LogP contribution in [0.25, 0.3) is 0 Å². The van der Waals surface area contributed by atoms with E-state index in [0.717, 1.165) is 5.56 Å². The average molecular weight is 312 g/mol. The number of amidine groups is 1. The van der Waals surface area contributed by atoms with Gasteiger partial charge in [0.1, 0.15) is 5.15 Å². The summed E-state index contributed by atoms with van der Waals surface area (Å²) in [6.07, 6.45) is 3.06. The summed E-state index contributed by atoms with van der Waals surface area (Å²) in [6, 6.07) is 3.50. The van der Waals surface area contributed by atoms with E-state index < -0.39 is 4.92 Å². The van der Waals surface area contributed by atoms with Gasteiger partial charge in [0.15, 0.2) is 0 Å². The number of nitro groups is 1. The molecule has 7 nitrogen and oxygen atoms in total. The minimum absolute atomic E-state index is 0.0630. The number of rotatable bonds is 5. The molecule has 114 valence electrons. The Morgan fingerprint density at radius 1 is 1.48 bits per heavy atom. The van der Waals surface area contributed by atoms with Crippen molar-refractivity contribution in [3.63, 3.8) is 0 Å². The number of hydrogen-bond donors (Lipinski definition) is 0. The maximum absolute atomic E-state index is 11.2. The van der Waals surface area contributed by atoms with E-state index >= 15 is 0 Å². The Morgan fingerprint density at radius 2 is 2.14 bits per heavy atom. The van der Waals surface area contributed by atoms with E-state index in [9.17, 15) is 10.1 Å². The van der Waals surface area contributed by atoms with Gasteiger partial charge in [-0.05, 0) is 11.6 Å². The summed E-state index contributed by atoms with van der Waals surface area (Å²) < 4.78 is 0. The lowest BCUT2D eigenvalue weighted by Crippen LogP contribution is -2.31. The number of nitrogens with zero attached hydrogens (tertiary/aromatic N) is 5. The van der Waals surface area contributed by atoms with Gasteiger partial charge in [0.2, 0.25) is 5.84 Å². The zero-order chi connectivity index (χ0) is 16.0. The summed E-state index contributed by atoms with van der Waals surface area (Å²) >= 11 is 5.73. The third-order valence-electron chi connectivity index (χ3n) is 2.59. The molecular weight excluding hydrogens is 294 g/mol. The van der Waals surface area contributed by atoms with Gasteiger partial charge >= 0.3 is 5.70 Å². The highest BCUT2D eigenvalue weighted by molar-refractivity contribution is 6.29. The Balaban J connectivity index is 2.98. The molecule has 1 rings (SSSR count). The van der Waals surface area contributed by atoms with Crippen LogP contribution in [-0.2, 0) is 6.54 Å². The van der Waals surface area contributed by atoms with E-state index in [1.807, 2.05) is 6.07 Å². The Bertz CT molecular complexity index is 554. The molecule has 1 heterocycles. The number of hydrogen-bond acceptors (Lipinski definition) is 5. The van der Waals surface area contributed by atoms with E-state index in [2.05, 4.69) is 9.98 Å². The smallest absolute Gasteiger partial charge is 0.326 e. The molecule has 0 unspecified atom stereocenters. The fourth-order valence-corrected chi connectivity index (χ4v) is 1.87. The summed E-state index contributed by atoms with van der Waals surface area (Å²) in [5.74, 6) is 0.295. The Labute approximate surface area is 128 Å². The minimum atomic E-state index is -0.445. The van der Waals surface area contributed by atoms with Crippen molar-refractivity contribution < 1.29 is 4.92 Å². The number of halogens is 1. The summed E-state index contributed by atoms with van der Waals surface area (Å²) in [5.41, 5.74) is 0.822. The first-order valence-electron chi connectivity index (χ1n) is 6.16. The zero-order valence-corrected chi connectivity index (χ0v) is 13.2. The third kappa shape index (κ3) is 5.03. The molecule has 8 heteroatoms. The lowest BCUT2D eigenvalue weighted by Gasteiger charge is -2.19. The molecule has 1 aromatic rings. The van der Waals surface area contributed by atoms with Gasteiger partial charge in [-0.1, -0.05) is 17.7 Å². The van der Waals surface area contributed by atoms with Crippen molar-refractivity contribution in [2.45, 2.75) is 6.54 Å². The summed E-state index contributed by atoms with van der Waals surface area (Å²) in [7, 11) is 6.71. The van der Waals surface area contributed by atoms with Gasteiger partial charge in [-0.3, -0.25) is 15.1 Å². The van der Waals surface area contributed by atoms with Crippen molar-refractivity contribution in [2.24, 2.45) is 4.99 Å². The van der Waals surface area contributed by atoms with E-state index in [-0.39, 0.29) is 5.70 Å². The van der Waals surface area contributed by atoms with Crippen molar-refractivity contribution in [2.75, 3.05) is 28.2 Å². The van der Waals surface area contributed by atoms with Crippen LogP contribution >= 0.6 is 11.6 Å². The van der Waals surface area contributed by atoms with Gasteiger partial charge in [-0.15, -0.1) is 0 Å². The van der Waals surface area contributed by atoms with Crippen LogP contribution in [0.3, 0.4) is 0 Å². The van der Waals surface area contributed by atoms with Crippen LogP contribution < -0.4 is 0 Å². The molecule has 0 aliphatic heterocycles. The van der Waals surface area contributed by atoms with Crippen LogP contribution in [0.5, 0.6) is 0 Å². The van der Waals surface area contributed by atoms with Gasteiger partial charge in [-0.25, -0.2) is 4.98 Å². The largest absolute Gasteiger partial charge is 0.378 e. The second kappa shape index (κ2) is 7.58. The molecule has 21 heavy (non-hydrogen) atoms. The third-order valence-corrected chi connectivity index (χ3v) is 2.81. The van der Waals surface area contributed by atoms with E-state index in [4.69, 9.17) is 11.6 Å². The first kappa shape index (κ1) is 16.9. The molecule has 0 aliphatic carbocycles. The fraction of sp³-hybridized carbons (Fsp3) is 0.385. The maximum atomic E-state index is 11.2. The van der Waals surface area contributed by atoms with E-state index in [1.54, 1.807) is 43.2 Å². The van der Waals surface area contributed by atoms with Gasteiger partial charge < -0.3 is 9.80 Å². The first-order valence-corrected chi connectivity index (χ1v) is 6.54. The van der Waals surface area contributed by atoms with Gasteiger partial charge in [0.25, 0.3) is 0 Å². The topological polar surface area (TPSA) is 74.9 Å². The molecule has 0 aliphatic rings. The van der Waals surface area contributed by atoms with Crippen LogP contribution in [-0.4, -0.2) is 53.7 Å². The van der Waals surface area contributed by atoms with Crippen molar-refractivity contribution in [1.82, 2.24) is 14.8 Å². The first-order chi connectivity index (χ1) is 9.85. The van der Waals surface area contributed by atoms with Crippen molar-refractivity contribution >= 4 is 17.4 Å². The molecule has 0 N–H and O–H groups in total. The molecule has 0 fully saturated rings. The quantitative estimate of drug-likeness (QED) is 0.273. The second-order valence-electron chi connectivity index (χ2n) is 4.63. The van der Waals surface area contributed by atoms with Crippen LogP contribution in [0.15, 0.2) is 35.2 Å². The molecule has 0 saturated heterocycles. The summed E-state index contributed by atoms with van der Waals surface area (Å²) in [5, 5.41) is 11.6. The number of pyridine rings is 1. The fourth-order valence-electron chi connectivity index (χ4n) is 1.76. The predicted octanol–water partition coefficient (Wildman–Crippen LogP) is 1.87. The van der Waals surface area contributed by atoms with Crippen LogP contribution in [0.2, 0.25) is 5.15 Å². The monoisotopic (exact) mass is 311 g/mol. The zero-order valence-electron chi connectivity index (χ0n) is 12.4. The number of aliphatic imine (C=N–C) groups is 1. The Hall–Kier alpha value is -2.15. The van der Waals surface area contributed by atoms with Crippen LogP contribution in [0.4, 0.5) is 0 Å². The minimum Gasteiger partial charge on any atom is -0.378 e. The van der Waals surface area contributed by atoms with Gasteiger partial charge in [0.05, 0.1) is 11.1 Å². The van der Waals surface area contributed by atoms with Gasteiger partial charge in [0, 0.05) is 40.9 Å². The highest BCUT2D eigenvalue weighted by atomic mass is 35.5. The molecule has 0 radical (unpaired) electrons. The SMILES string of the molecule is C/N=C(\C(=C/N(C)C)[N+](=O)[O-])N(C)Cc1ccc(Cl)nc1. The van der Waals surface area contributed by atoms with Crippen molar-refractivity contribution in [3.8, 4) is 0 Å². The standard InChI is InChI=1S/C13H18ClN5O2/c1-15-13(11(19(20)21)9-17(2)3)18(4)8-10-5-6-12(14)16-7-10/h5-7,9H,8H2,1-4H3/b11-9+,15-13+. The van der Waals surface area contributed by atoms with Gasteiger partial charge in [-0.2, -0.15) is 0 Å². The molecular formula is C13H18ClN5O2. The Morgan fingerprint density at radius 3 is 2.57 bits per heavy atom.